The van der Waals surface area contributed by atoms with E-state index in [1.807, 2.05) is 66.9 Å². The van der Waals surface area contributed by atoms with E-state index in [1.54, 1.807) is 12.1 Å². The molecule has 1 aromatic heterocycles. The molecule has 11 heteroatoms. The van der Waals surface area contributed by atoms with Gasteiger partial charge in [0.15, 0.2) is 16.7 Å². The molecule has 0 radical (unpaired) electrons. The molecule has 4 aromatic rings. The zero-order chi connectivity index (χ0) is 26.5. The first-order valence-corrected chi connectivity index (χ1v) is 13.3. The molecule has 4 rings (SSSR count). The summed E-state index contributed by atoms with van der Waals surface area (Å²) in [6, 6.07) is 18.9. The average molecular weight is 604 g/mol. The quantitative estimate of drug-likeness (QED) is 0.109. The van der Waals surface area contributed by atoms with Gasteiger partial charge in [-0.25, -0.2) is 0 Å². The Hall–Kier alpha value is -3.08. The Labute approximate surface area is 232 Å². The van der Waals surface area contributed by atoms with Crippen molar-refractivity contribution in [2.75, 3.05) is 13.7 Å². The normalized spacial score (nSPS) is 11.8. The zero-order valence-electron chi connectivity index (χ0n) is 20.4. The molecular weight excluding hydrogens is 580 g/mol. The van der Waals surface area contributed by atoms with Crippen LogP contribution in [0.1, 0.15) is 27.8 Å². The molecule has 0 aliphatic heterocycles. The molecule has 0 spiro atoms. The van der Waals surface area contributed by atoms with Gasteiger partial charge in [0.2, 0.25) is 6.54 Å². The minimum atomic E-state index is -0.560. The summed E-state index contributed by atoms with van der Waals surface area (Å²) in [6.45, 7) is 3.83. The predicted octanol–water partition coefficient (Wildman–Crippen LogP) is 7.00. The number of ether oxygens (including phenoxy) is 2. The van der Waals surface area contributed by atoms with Crippen LogP contribution in [0.15, 0.2) is 70.3 Å². The highest BCUT2D eigenvalue weighted by Gasteiger charge is 2.26. The third kappa shape index (κ3) is 6.63. The molecule has 0 aliphatic carbocycles. The van der Waals surface area contributed by atoms with Crippen LogP contribution >= 0.6 is 39.3 Å². The summed E-state index contributed by atoms with van der Waals surface area (Å²) in [6.07, 6.45) is 0. The Balaban J connectivity index is 1.65. The van der Waals surface area contributed by atoms with Crippen LogP contribution in [0.4, 0.5) is 0 Å². The van der Waals surface area contributed by atoms with Gasteiger partial charge in [0, 0.05) is 15.6 Å². The number of aryl methyl sites for hydroxylation is 2. The van der Waals surface area contributed by atoms with Gasteiger partial charge in [0.05, 0.1) is 11.6 Å². The topological polar surface area (TPSA) is 92.3 Å². The SMILES string of the molecule is COc1cc([C@H](C[N+](=O)[O-])Sc2nnc(C)n2-c2ccc(C)cc2)cc(Br)c1OCc1cccc(Cl)c1. The van der Waals surface area contributed by atoms with Gasteiger partial charge >= 0.3 is 0 Å². The number of rotatable bonds is 10. The lowest BCUT2D eigenvalue weighted by Gasteiger charge is -2.18. The smallest absolute Gasteiger partial charge is 0.220 e. The van der Waals surface area contributed by atoms with Crippen molar-refractivity contribution in [3.05, 3.63) is 103 Å². The van der Waals surface area contributed by atoms with Crippen molar-refractivity contribution < 1.29 is 14.4 Å². The molecule has 0 N–H and O–H groups in total. The van der Waals surface area contributed by atoms with Crippen molar-refractivity contribution in [2.24, 2.45) is 0 Å². The Bertz CT molecular complexity index is 1410. The minimum Gasteiger partial charge on any atom is -0.493 e. The lowest BCUT2D eigenvalue weighted by molar-refractivity contribution is -0.479. The van der Waals surface area contributed by atoms with Crippen molar-refractivity contribution in [1.29, 1.82) is 0 Å². The van der Waals surface area contributed by atoms with Crippen LogP contribution in [-0.2, 0) is 6.61 Å². The third-order valence-corrected chi connectivity index (χ3v) is 7.55. The lowest BCUT2D eigenvalue weighted by Crippen LogP contribution is -2.12. The fourth-order valence-electron chi connectivity index (χ4n) is 3.73. The number of nitrogens with zero attached hydrogens (tertiary/aromatic N) is 4. The number of aromatic nitrogens is 3. The highest BCUT2D eigenvalue weighted by molar-refractivity contribution is 9.10. The van der Waals surface area contributed by atoms with E-state index in [1.165, 1.54) is 18.9 Å². The van der Waals surface area contributed by atoms with Gasteiger partial charge in [-0.2, -0.15) is 0 Å². The number of thioether (sulfide) groups is 1. The maximum absolute atomic E-state index is 11.6. The van der Waals surface area contributed by atoms with Crippen LogP contribution in [0.25, 0.3) is 5.69 Å². The highest BCUT2D eigenvalue weighted by atomic mass is 79.9. The zero-order valence-corrected chi connectivity index (χ0v) is 23.5. The second-order valence-electron chi connectivity index (χ2n) is 8.28. The summed E-state index contributed by atoms with van der Waals surface area (Å²) < 4.78 is 14.1. The maximum Gasteiger partial charge on any atom is 0.220 e. The molecule has 8 nitrogen and oxygen atoms in total. The van der Waals surface area contributed by atoms with E-state index < -0.39 is 5.25 Å². The number of methoxy groups -OCH3 is 1. The average Bonchev–Trinajstić information content (AvgIpc) is 3.22. The molecule has 3 aromatic carbocycles. The molecule has 192 valence electrons. The second-order valence-corrected chi connectivity index (χ2v) is 10.7. The molecule has 0 unspecified atom stereocenters. The van der Waals surface area contributed by atoms with Crippen LogP contribution in [0.5, 0.6) is 11.5 Å². The number of halogens is 2. The number of hydrogen-bond donors (Lipinski definition) is 0. The number of benzene rings is 3. The van der Waals surface area contributed by atoms with Crippen LogP contribution in [0, 0.1) is 24.0 Å². The monoisotopic (exact) mass is 602 g/mol. The van der Waals surface area contributed by atoms with Crippen LogP contribution in [0.3, 0.4) is 0 Å². The van der Waals surface area contributed by atoms with E-state index in [0.717, 1.165) is 16.8 Å². The number of hydrogen-bond acceptors (Lipinski definition) is 7. The predicted molar refractivity (Wildman–Crippen MR) is 148 cm³/mol. The molecule has 1 atom stereocenters. The molecule has 0 saturated heterocycles. The maximum atomic E-state index is 11.6. The second kappa shape index (κ2) is 12.0. The molecule has 37 heavy (non-hydrogen) atoms. The van der Waals surface area contributed by atoms with Crippen molar-refractivity contribution in [3.63, 3.8) is 0 Å². The largest absolute Gasteiger partial charge is 0.493 e. The van der Waals surface area contributed by atoms with E-state index in [0.29, 0.717) is 37.5 Å². The van der Waals surface area contributed by atoms with Crippen molar-refractivity contribution >= 4 is 39.3 Å². The van der Waals surface area contributed by atoms with Crippen LogP contribution in [0.2, 0.25) is 5.02 Å². The van der Waals surface area contributed by atoms with Crippen LogP contribution < -0.4 is 9.47 Å². The number of nitro groups is 1. The van der Waals surface area contributed by atoms with Gasteiger partial charge in [0.25, 0.3) is 0 Å². The minimum absolute atomic E-state index is 0.279. The van der Waals surface area contributed by atoms with E-state index in [2.05, 4.69) is 26.1 Å². The van der Waals surface area contributed by atoms with Gasteiger partial charge < -0.3 is 9.47 Å². The van der Waals surface area contributed by atoms with Crippen molar-refractivity contribution in [3.8, 4) is 17.2 Å². The van der Waals surface area contributed by atoms with Crippen molar-refractivity contribution in [2.45, 2.75) is 30.9 Å². The molecular formula is C26H24BrClN4O4S. The standard InChI is InChI=1S/C26H24BrClN4O4S/c1-16-7-9-21(10-8-16)32-17(2)29-30-26(32)37-24(14-31(33)34)19-12-22(27)25(23(13-19)35-3)36-15-18-5-4-6-20(28)11-18/h4-13,24H,14-15H2,1-3H3/t24-/m0/s1. The van der Waals surface area contributed by atoms with Gasteiger partial charge in [-0.15, -0.1) is 10.2 Å². The lowest BCUT2D eigenvalue weighted by atomic mass is 10.1. The summed E-state index contributed by atoms with van der Waals surface area (Å²) in [5, 5.41) is 20.8. The first kappa shape index (κ1) is 27.0. The summed E-state index contributed by atoms with van der Waals surface area (Å²) >= 11 is 10.9. The Morgan fingerprint density at radius 1 is 1.14 bits per heavy atom. The fourth-order valence-corrected chi connectivity index (χ4v) is 5.67. The Morgan fingerprint density at radius 3 is 2.57 bits per heavy atom. The van der Waals surface area contributed by atoms with E-state index in [4.69, 9.17) is 21.1 Å². The molecule has 0 fully saturated rings. The molecule has 0 saturated carbocycles. The molecule has 0 amide bonds. The molecule has 1 heterocycles. The third-order valence-electron chi connectivity index (χ3n) is 5.55. The Morgan fingerprint density at radius 2 is 1.89 bits per heavy atom. The molecule has 0 aliphatic rings. The van der Waals surface area contributed by atoms with E-state index in [9.17, 15) is 10.1 Å². The van der Waals surface area contributed by atoms with Gasteiger partial charge in [-0.05, 0) is 77.3 Å². The fraction of sp³-hybridized carbons (Fsp3) is 0.231. The summed E-state index contributed by atoms with van der Waals surface area (Å²) in [7, 11) is 1.53. The Kier molecular flexibility index (Phi) is 8.73. The van der Waals surface area contributed by atoms with Gasteiger partial charge in [0.1, 0.15) is 17.7 Å². The first-order chi connectivity index (χ1) is 17.7. The highest BCUT2D eigenvalue weighted by Crippen LogP contribution is 2.43. The molecule has 0 bridgehead atoms. The summed E-state index contributed by atoms with van der Waals surface area (Å²) in [5.74, 6) is 1.64. The summed E-state index contributed by atoms with van der Waals surface area (Å²) in [5.41, 5.74) is 3.61. The van der Waals surface area contributed by atoms with Gasteiger partial charge in [-0.3, -0.25) is 14.7 Å². The van der Waals surface area contributed by atoms with E-state index in [-0.39, 0.29) is 18.1 Å². The van der Waals surface area contributed by atoms with E-state index >= 15 is 0 Å². The van der Waals surface area contributed by atoms with Gasteiger partial charge in [-0.1, -0.05) is 53.2 Å². The summed E-state index contributed by atoms with van der Waals surface area (Å²) in [4.78, 5) is 11.3. The van der Waals surface area contributed by atoms with Crippen LogP contribution in [-0.4, -0.2) is 33.3 Å². The first-order valence-electron chi connectivity index (χ1n) is 11.3. The van der Waals surface area contributed by atoms with Crippen molar-refractivity contribution in [1.82, 2.24) is 14.8 Å².